The van der Waals surface area contributed by atoms with Crippen LogP contribution in [0.1, 0.15) is 25.7 Å². The highest BCUT2D eigenvalue weighted by molar-refractivity contribution is 5.80. The van der Waals surface area contributed by atoms with E-state index in [2.05, 4.69) is 4.90 Å². The van der Waals surface area contributed by atoms with Crippen LogP contribution in [0.25, 0.3) is 0 Å². The van der Waals surface area contributed by atoms with Crippen molar-refractivity contribution < 1.29 is 19.0 Å². The molecular weight excluding hydrogens is 320 g/mol. The molecule has 1 spiro atoms. The molecule has 4 heterocycles. The number of hydrogen-bond donors (Lipinski definition) is 0. The number of carbonyl (C=O) groups excluding carboxylic acids is 1. The molecule has 6 heteroatoms. The Morgan fingerprint density at radius 1 is 0.920 bits per heavy atom. The molecule has 4 aliphatic rings. The molecule has 0 aliphatic carbocycles. The van der Waals surface area contributed by atoms with Crippen LogP contribution in [0.4, 0.5) is 0 Å². The van der Waals surface area contributed by atoms with E-state index in [9.17, 15) is 4.79 Å². The van der Waals surface area contributed by atoms with Gasteiger partial charge in [-0.25, -0.2) is 0 Å². The molecule has 1 atom stereocenters. The second-order valence-electron chi connectivity index (χ2n) is 8.21. The van der Waals surface area contributed by atoms with Crippen molar-refractivity contribution in [2.24, 2.45) is 17.3 Å². The summed E-state index contributed by atoms with van der Waals surface area (Å²) in [5, 5.41) is 0. The Labute approximate surface area is 150 Å². The molecule has 0 saturated carbocycles. The van der Waals surface area contributed by atoms with Gasteiger partial charge < -0.3 is 24.0 Å². The summed E-state index contributed by atoms with van der Waals surface area (Å²) in [6.07, 6.45) is 4.37. The van der Waals surface area contributed by atoms with Crippen LogP contribution in [0.15, 0.2) is 0 Å². The first-order valence-electron chi connectivity index (χ1n) is 10.0. The van der Waals surface area contributed by atoms with Gasteiger partial charge in [-0.1, -0.05) is 0 Å². The van der Waals surface area contributed by atoms with E-state index in [1.165, 1.54) is 0 Å². The molecule has 142 valence electrons. The quantitative estimate of drug-likeness (QED) is 0.759. The van der Waals surface area contributed by atoms with Crippen LogP contribution in [0.5, 0.6) is 0 Å². The minimum absolute atomic E-state index is 0.124. The predicted molar refractivity (Wildman–Crippen MR) is 93.4 cm³/mol. The number of nitrogens with zero attached hydrogens (tertiary/aromatic N) is 2. The Morgan fingerprint density at radius 2 is 1.56 bits per heavy atom. The summed E-state index contributed by atoms with van der Waals surface area (Å²) in [4.78, 5) is 17.9. The van der Waals surface area contributed by atoms with E-state index < -0.39 is 0 Å². The average molecular weight is 352 g/mol. The summed E-state index contributed by atoms with van der Waals surface area (Å²) in [5.74, 6) is 1.22. The fraction of sp³-hybridized carbons (Fsp3) is 0.947. The molecular formula is C19H32N2O4. The van der Waals surface area contributed by atoms with Crippen LogP contribution in [-0.4, -0.2) is 88.1 Å². The van der Waals surface area contributed by atoms with Crippen LogP contribution in [-0.2, 0) is 19.0 Å². The van der Waals surface area contributed by atoms with Gasteiger partial charge in [-0.3, -0.25) is 4.79 Å². The van der Waals surface area contributed by atoms with Crippen molar-refractivity contribution in [2.45, 2.75) is 25.7 Å². The minimum atomic E-state index is 0.124. The first kappa shape index (κ1) is 17.7. The molecule has 0 aromatic heterocycles. The Bertz CT molecular complexity index is 454. The van der Waals surface area contributed by atoms with Gasteiger partial charge in [-0.15, -0.1) is 0 Å². The fourth-order valence-electron chi connectivity index (χ4n) is 5.13. The molecule has 0 aromatic carbocycles. The largest absolute Gasteiger partial charge is 0.381 e. The summed E-state index contributed by atoms with van der Waals surface area (Å²) in [5.41, 5.74) is 0.124. The normalized spacial score (nSPS) is 31.5. The van der Waals surface area contributed by atoms with Crippen molar-refractivity contribution in [2.75, 3.05) is 72.4 Å². The number of morpholine rings is 1. The smallest absolute Gasteiger partial charge is 0.227 e. The maximum Gasteiger partial charge on any atom is 0.227 e. The van der Waals surface area contributed by atoms with Gasteiger partial charge in [-0.2, -0.15) is 0 Å². The molecule has 4 aliphatic heterocycles. The molecule has 0 radical (unpaired) electrons. The molecule has 4 fully saturated rings. The number of ether oxygens (including phenoxy) is 3. The molecule has 0 aromatic rings. The van der Waals surface area contributed by atoms with Crippen LogP contribution in [0.3, 0.4) is 0 Å². The number of likely N-dealkylation sites (tertiary alicyclic amines) is 1. The summed E-state index contributed by atoms with van der Waals surface area (Å²) in [6, 6.07) is 0. The lowest BCUT2D eigenvalue weighted by atomic mass is 9.71. The maximum absolute atomic E-state index is 13.3. The minimum Gasteiger partial charge on any atom is -0.381 e. The van der Waals surface area contributed by atoms with Crippen molar-refractivity contribution in [3.63, 3.8) is 0 Å². The first-order chi connectivity index (χ1) is 12.3. The van der Waals surface area contributed by atoms with Crippen molar-refractivity contribution >= 4 is 5.91 Å². The zero-order valence-electron chi connectivity index (χ0n) is 15.3. The molecule has 0 N–H and O–H groups in total. The first-order valence-corrected chi connectivity index (χ1v) is 10.0. The second-order valence-corrected chi connectivity index (χ2v) is 8.21. The number of carbonyl (C=O) groups is 1. The molecule has 0 bridgehead atoms. The Kier molecular flexibility index (Phi) is 5.60. The molecule has 1 amide bonds. The molecule has 6 nitrogen and oxygen atoms in total. The molecule has 0 unspecified atom stereocenters. The second kappa shape index (κ2) is 7.91. The Balaban J connectivity index is 1.45. The zero-order valence-corrected chi connectivity index (χ0v) is 15.3. The summed E-state index contributed by atoms with van der Waals surface area (Å²) in [7, 11) is 0. The van der Waals surface area contributed by atoms with Gasteiger partial charge in [0.1, 0.15) is 0 Å². The third-order valence-electron chi connectivity index (χ3n) is 6.69. The lowest BCUT2D eigenvalue weighted by Crippen LogP contribution is -2.49. The lowest BCUT2D eigenvalue weighted by molar-refractivity contribution is -0.144. The highest BCUT2D eigenvalue weighted by atomic mass is 16.5. The van der Waals surface area contributed by atoms with Crippen molar-refractivity contribution in [3.8, 4) is 0 Å². The van der Waals surface area contributed by atoms with Gasteiger partial charge in [-0.05, 0) is 31.6 Å². The van der Waals surface area contributed by atoms with E-state index in [0.29, 0.717) is 19.1 Å². The number of hydrogen-bond acceptors (Lipinski definition) is 5. The van der Waals surface area contributed by atoms with Gasteiger partial charge in [0, 0.05) is 64.6 Å². The third-order valence-corrected chi connectivity index (χ3v) is 6.69. The maximum atomic E-state index is 13.3. The van der Waals surface area contributed by atoms with E-state index in [1.54, 1.807) is 0 Å². The van der Waals surface area contributed by atoms with Crippen LogP contribution in [0, 0.1) is 17.3 Å². The van der Waals surface area contributed by atoms with E-state index in [0.717, 1.165) is 90.8 Å². The highest BCUT2D eigenvalue weighted by Crippen LogP contribution is 2.45. The highest BCUT2D eigenvalue weighted by Gasteiger charge is 2.51. The van der Waals surface area contributed by atoms with Gasteiger partial charge in [0.05, 0.1) is 19.1 Å². The lowest BCUT2D eigenvalue weighted by Gasteiger charge is -2.40. The zero-order chi connectivity index (χ0) is 17.1. The van der Waals surface area contributed by atoms with Crippen LogP contribution in [0.2, 0.25) is 0 Å². The van der Waals surface area contributed by atoms with E-state index >= 15 is 0 Å². The summed E-state index contributed by atoms with van der Waals surface area (Å²) < 4.78 is 16.6. The average Bonchev–Trinajstić information content (AvgIpc) is 3.00. The monoisotopic (exact) mass is 352 g/mol. The van der Waals surface area contributed by atoms with Gasteiger partial charge in [0.2, 0.25) is 5.91 Å². The molecule has 4 rings (SSSR count). The van der Waals surface area contributed by atoms with Gasteiger partial charge in [0.25, 0.3) is 0 Å². The van der Waals surface area contributed by atoms with Crippen molar-refractivity contribution in [1.82, 2.24) is 9.80 Å². The number of rotatable bonds is 3. The topological polar surface area (TPSA) is 51.2 Å². The molecule has 25 heavy (non-hydrogen) atoms. The summed E-state index contributed by atoms with van der Waals surface area (Å²) in [6.45, 7) is 9.38. The molecule has 4 saturated heterocycles. The van der Waals surface area contributed by atoms with Crippen LogP contribution < -0.4 is 0 Å². The Hall–Kier alpha value is -0.690. The number of amides is 1. The third kappa shape index (κ3) is 3.87. The van der Waals surface area contributed by atoms with E-state index in [4.69, 9.17) is 14.2 Å². The summed E-state index contributed by atoms with van der Waals surface area (Å²) >= 11 is 0. The van der Waals surface area contributed by atoms with Crippen LogP contribution >= 0.6 is 0 Å². The predicted octanol–water partition coefficient (Wildman–Crippen LogP) is 1.00. The fourth-order valence-corrected chi connectivity index (χ4v) is 5.13. The van der Waals surface area contributed by atoms with E-state index in [1.807, 2.05) is 4.90 Å². The van der Waals surface area contributed by atoms with Crippen molar-refractivity contribution in [3.05, 3.63) is 0 Å². The Morgan fingerprint density at radius 3 is 2.28 bits per heavy atom. The SMILES string of the molecule is O=C([C@H]1CN(CC2CCOCC2)CC12CCOCC2)N1CCOCC1. The standard InChI is InChI=1S/C19H32N2O4/c22-18(21-5-11-25-12-6-21)17-14-20(13-16-1-7-23-8-2-16)15-19(17)3-9-24-10-4-19/h16-17H,1-15H2/t17-/m1/s1. The van der Waals surface area contributed by atoms with Gasteiger partial charge >= 0.3 is 0 Å². The van der Waals surface area contributed by atoms with Crippen molar-refractivity contribution in [1.29, 1.82) is 0 Å². The van der Waals surface area contributed by atoms with Gasteiger partial charge in [0.15, 0.2) is 0 Å². The van der Waals surface area contributed by atoms with E-state index in [-0.39, 0.29) is 11.3 Å².